The Morgan fingerprint density at radius 2 is 0.650 bits per heavy atom. The van der Waals surface area contributed by atoms with Crippen LogP contribution in [0.2, 0.25) is 0 Å². The molecule has 0 amide bonds. The summed E-state index contributed by atoms with van der Waals surface area (Å²) in [6.07, 6.45) is 26.2. The topological polar surface area (TPSA) is 0 Å². The van der Waals surface area contributed by atoms with Gasteiger partial charge in [-0.25, -0.2) is 0 Å². The third-order valence-corrected chi connectivity index (χ3v) is 4.72. The van der Waals surface area contributed by atoms with Gasteiger partial charge < -0.3 is 0 Å². The second-order valence-electron chi connectivity index (χ2n) is 6.45. The monoisotopic (exact) mass is 300 g/mol. The molecular weight excluding hydrogens is 259 g/mol. The molecule has 1 atom stereocenters. The second kappa shape index (κ2) is 19.4. The molecule has 1 unspecified atom stereocenters. The van der Waals surface area contributed by atoms with Crippen molar-refractivity contribution in [1.29, 1.82) is 0 Å². The van der Waals surface area contributed by atoms with E-state index in [0.29, 0.717) is 0 Å². The van der Waals surface area contributed by atoms with E-state index in [4.69, 9.17) is 0 Å². The summed E-state index contributed by atoms with van der Waals surface area (Å²) < 4.78 is 0. The second-order valence-corrected chi connectivity index (χ2v) is 7.02. The highest BCUT2D eigenvalue weighted by Gasteiger charge is 1.94. The molecule has 0 saturated carbocycles. The van der Waals surface area contributed by atoms with Crippen LogP contribution in [0.4, 0.5) is 0 Å². The first-order valence-electron chi connectivity index (χ1n) is 9.62. The van der Waals surface area contributed by atoms with Gasteiger partial charge >= 0.3 is 0 Å². The third kappa shape index (κ3) is 18.4. The summed E-state index contributed by atoms with van der Waals surface area (Å²) in [6, 6.07) is 0. The van der Waals surface area contributed by atoms with Gasteiger partial charge in [0.15, 0.2) is 0 Å². The van der Waals surface area contributed by atoms with Crippen molar-refractivity contribution in [3.8, 4) is 0 Å². The predicted octanol–water partition coefficient (Wildman–Crippen LogP) is 7.51. The van der Waals surface area contributed by atoms with Gasteiger partial charge in [0, 0.05) is 0 Å². The van der Waals surface area contributed by atoms with Gasteiger partial charge in [-0.2, -0.15) is 0 Å². The molecule has 0 fully saturated rings. The van der Waals surface area contributed by atoms with E-state index in [1.165, 1.54) is 115 Å². The van der Waals surface area contributed by atoms with Crippen molar-refractivity contribution >= 4 is 9.24 Å². The fourth-order valence-corrected chi connectivity index (χ4v) is 3.16. The Kier molecular flexibility index (Phi) is 19.8. The zero-order valence-electron chi connectivity index (χ0n) is 14.3. The standard InChI is InChI=1S/C19H41P/c1-2-3-4-5-6-7-8-9-10-11-12-13-14-15-16-17-18-19-20/h2-20H2,1H3. The van der Waals surface area contributed by atoms with E-state index in [1.54, 1.807) is 0 Å². The van der Waals surface area contributed by atoms with Gasteiger partial charge in [0.2, 0.25) is 0 Å². The smallest absolute Gasteiger partial charge is 0.0381 e. The minimum absolute atomic E-state index is 1.29. The lowest BCUT2D eigenvalue weighted by atomic mass is 10.0. The SMILES string of the molecule is CCCCCCCCCCCCCCCCCCCP. The number of unbranched alkanes of at least 4 members (excludes halogenated alkanes) is 16. The molecular formula is C19H41P. The molecule has 0 nitrogen and oxygen atoms in total. The number of hydrogen-bond acceptors (Lipinski definition) is 0. The van der Waals surface area contributed by atoms with Crippen molar-refractivity contribution in [2.24, 2.45) is 0 Å². The molecule has 0 aliphatic carbocycles. The minimum atomic E-state index is 1.29. The molecule has 20 heavy (non-hydrogen) atoms. The summed E-state index contributed by atoms with van der Waals surface area (Å²) in [7, 11) is 2.83. The summed E-state index contributed by atoms with van der Waals surface area (Å²) in [5, 5.41) is 0. The maximum atomic E-state index is 2.83. The maximum Gasteiger partial charge on any atom is -0.0381 e. The van der Waals surface area contributed by atoms with Gasteiger partial charge in [0.25, 0.3) is 0 Å². The molecule has 0 aliphatic heterocycles. The van der Waals surface area contributed by atoms with E-state index in [1.807, 2.05) is 0 Å². The molecule has 0 aliphatic rings. The molecule has 0 aromatic heterocycles. The van der Waals surface area contributed by atoms with Crippen LogP contribution in [-0.2, 0) is 0 Å². The highest BCUT2D eigenvalue weighted by Crippen LogP contribution is 2.14. The van der Waals surface area contributed by atoms with Gasteiger partial charge in [0.05, 0.1) is 0 Å². The summed E-state index contributed by atoms with van der Waals surface area (Å²) in [5.41, 5.74) is 0. The van der Waals surface area contributed by atoms with Crippen molar-refractivity contribution in [2.45, 2.75) is 116 Å². The summed E-state index contributed by atoms with van der Waals surface area (Å²) in [4.78, 5) is 0. The van der Waals surface area contributed by atoms with E-state index in [2.05, 4.69) is 16.2 Å². The Balaban J connectivity index is 2.89. The summed E-state index contributed by atoms with van der Waals surface area (Å²) >= 11 is 0. The Hall–Kier alpha value is 0.430. The van der Waals surface area contributed by atoms with Crippen molar-refractivity contribution < 1.29 is 0 Å². The van der Waals surface area contributed by atoms with E-state index in [-0.39, 0.29) is 0 Å². The zero-order valence-corrected chi connectivity index (χ0v) is 15.5. The molecule has 0 N–H and O–H groups in total. The first kappa shape index (κ1) is 20.4. The Labute approximate surface area is 132 Å². The Morgan fingerprint density at radius 1 is 0.400 bits per heavy atom. The van der Waals surface area contributed by atoms with Crippen molar-refractivity contribution in [2.75, 3.05) is 6.16 Å². The lowest BCUT2D eigenvalue weighted by molar-refractivity contribution is 0.529. The average molecular weight is 301 g/mol. The van der Waals surface area contributed by atoms with Crippen LogP contribution in [-0.4, -0.2) is 6.16 Å². The number of hydrogen-bond donors (Lipinski definition) is 0. The van der Waals surface area contributed by atoms with Crippen LogP contribution in [0, 0.1) is 0 Å². The molecule has 0 aromatic carbocycles. The van der Waals surface area contributed by atoms with Gasteiger partial charge in [0.1, 0.15) is 0 Å². The molecule has 0 rings (SSSR count). The zero-order chi connectivity index (χ0) is 14.7. The molecule has 0 spiro atoms. The van der Waals surface area contributed by atoms with Crippen molar-refractivity contribution in [3.63, 3.8) is 0 Å². The van der Waals surface area contributed by atoms with E-state index >= 15 is 0 Å². The van der Waals surface area contributed by atoms with Crippen LogP contribution in [0.25, 0.3) is 0 Å². The van der Waals surface area contributed by atoms with E-state index in [0.717, 1.165) is 0 Å². The largest absolute Gasteiger partial charge is 0.138 e. The first-order chi connectivity index (χ1) is 9.91. The van der Waals surface area contributed by atoms with Crippen LogP contribution in [0.1, 0.15) is 116 Å². The fraction of sp³-hybridized carbons (Fsp3) is 1.00. The Morgan fingerprint density at radius 3 is 0.900 bits per heavy atom. The van der Waals surface area contributed by atoms with Gasteiger partial charge in [-0.05, 0) is 12.6 Å². The van der Waals surface area contributed by atoms with E-state index < -0.39 is 0 Å². The van der Waals surface area contributed by atoms with Gasteiger partial charge in [-0.1, -0.05) is 110 Å². The van der Waals surface area contributed by atoms with Crippen molar-refractivity contribution in [3.05, 3.63) is 0 Å². The maximum absolute atomic E-state index is 2.83. The lowest BCUT2D eigenvalue weighted by Gasteiger charge is -2.03. The lowest BCUT2D eigenvalue weighted by Crippen LogP contribution is -1.84. The van der Waals surface area contributed by atoms with Crippen LogP contribution in [0.5, 0.6) is 0 Å². The molecule has 0 bridgehead atoms. The van der Waals surface area contributed by atoms with Crippen LogP contribution >= 0.6 is 9.24 Å². The molecule has 1 heteroatoms. The molecule has 122 valence electrons. The van der Waals surface area contributed by atoms with Crippen LogP contribution in [0.3, 0.4) is 0 Å². The number of rotatable bonds is 17. The van der Waals surface area contributed by atoms with Gasteiger partial charge in [-0.15, -0.1) is 9.24 Å². The predicted molar refractivity (Wildman–Crippen MR) is 98.7 cm³/mol. The van der Waals surface area contributed by atoms with Crippen LogP contribution in [0.15, 0.2) is 0 Å². The average Bonchev–Trinajstić information content (AvgIpc) is 2.47. The van der Waals surface area contributed by atoms with Crippen LogP contribution < -0.4 is 0 Å². The summed E-state index contributed by atoms with van der Waals surface area (Å²) in [6.45, 7) is 2.30. The molecule has 0 aromatic rings. The highest BCUT2D eigenvalue weighted by atomic mass is 31.0. The normalized spacial score (nSPS) is 11.1. The summed E-state index contributed by atoms with van der Waals surface area (Å²) in [5.74, 6) is 0. The fourth-order valence-electron chi connectivity index (χ4n) is 2.87. The molecule has 0 saturated heterocycles. The first-order valence-corrected chi connectivity index (χ1v) is 10.4. The van der Waals surface area contributed by atoms with Crippen molar-refractivity contribution in [1.82, 2.24) is 0 Å². The van der Waals surface area contributed by atoms with E-state index in [9.17, 15) is 0 Å². The molecule has 0 radical (unpaired) electrons. The third-order valence-electron chi connectivity index (χ3n) is 4.31. The minimum Gasteiger partial charge on any atom is -0.138 e. The highest BCUT2D eigenvalue weighted by molar-refractivity contribution is 7.16. The quantitative estimate of drug-likeness (QED) is 0.192. The molecule has 0 heterocycles. The Bertz CT molecular complexity index is 138. The van der Waals surface area contributed by atoms with Gasteiger partial charge in [-0.3, -0.25) is 0 Å².